The molecule has 0 spiro atoms. The molecule has 2 amide bonds. The summed E-state index contributed by atoms with van der Waals surface area (Å²) in [5, 5.41) is 15.9. The molecule has 0 radical (unpaired) electrons. The minimum absolute atomic E-state index is 0.0850. The molecule has 2 fully saturated rings. The highest BCUT2D eigenvalue weighted by Crippen LogP contribution is 2.57. The van der Waals surface area contributed by atoms with Crippen molar-refractivity contribution in [2.45, 2.75) is 106 Å². The molecule has 4 aromatic carbocycles. The summed E-state index contributed by atoms with van der Waals surface area (Å²) in [6.45, 7) is 23.1. The van der Waals surface area contributed by atoms with Crippen LogP contribution < -0.4 is 29.6 Å². The molecule has 0 bridgehead atoms. The molecule has 6 rings (SSSR count). The lowest BCUT2D eigenvalue weighted by Crippen LogP contribution is -2.74. The molecule has 10 heteroatoms. The van der Waals surface area contributed by atoms with Gasteiger partial charge < -0.3 is 29.6 Å². The third-order valence-corrected chi connectivity index (χ3v) is 13.1. The van der Waals surface area contributed by atoms with Crippen LogP contribution >= 0.6 is 0 Å². The van der Waals surface area contributed by atoms with Gasteiger partial charge in [0.25, 0.3) is 11.8 Å². The van der Waals surface area contributed by atoms with E-state index in [1.807, 2.05) is 73.7 Å². The van der Waals surface area contributed by atoms with Crippen LogP contribution in [0.3, 0.4) is 0 Å². The van der Waals surface area contributed by atoms with E-state index in [1.165, 1.54) is 12.7 Å². The number of nitrogens with zero attached hydrogens (tertiary/aromatic N) is 2. The number of rotatable bonds is 12. The van der Waals surface area contributed by atoms with E-state index in [-0.39, 0.29) is 57.8 Å². The van der Waals surface area contributed by atoms with Gasteiger partial charge in [-0.1, -0.05) is 93.5 Å². The zero-order valence-electron chi connectivity index (χ0n) is 38.4. The predicted octanol–water partition coefficient (Wildman–Crippen LogP) is 10.7. The van der Waals surface area contributed by atoms with Crippen molar-refractivity contribution in [2.75, 3.05) is 14.2 Å². The third-order valence-electron chi connectivity index (χ3n) is 13.1. The van der Waals surface area contributed by atoms with Crippen LogP contribution in [0, 0.1) is 39.1 Å². The minimum Gasteiger partial charge on any atom is -0.495 e. The molecule has 324 valence electrons. The Bertz CT molecular complexity index is 2430. The summed E-state index contributed by atoms with van der Waals surface area (Å²) >= 11 is 0. The summed E-state index contributed by atoms with van der Waals surface area (Å²) in [5.74, 6) is 2.46. The van der Waals surface area contributed by atoms with Gasteiger partial charge >= 0.3 is 12.3 Å². The van der Waals surface area contributed by atoms with E-state index in [0.717, 1.165) is 11.1 Å². The van der Waals surface area contributed by atoms with Crippen LogP contribution in [0.2, 0.25) is 0 Å². The van der Waals surface area contributed by atoms with Crippen LogP contribution in [0.5, 0.6) is 23.0 Å². The molecular weight excluding hydrogens is 777 g/mol. The summed E-state index contributed by atoms with van der Waals surface area (Å²) in [6, 6.07) is 31.1. The predicted molar refractivity (Wildman–Crippen MR) is 244 cm³/mol. The van der Waals surface area contributed by atoms with E-state index >= 15 is 0 Å². The molecular formula is C52H61N4O6+. The van der Waals surface area contributed by atoms with Crippen LogP contribution in [-0.4, -0.2) is 50.3 Å². The average Bonchev–Trinajstić information content (AvgIpc) is 3.25. The number of ether oxygens (including phenoxy) is 4. The maximum Gasteiger partial charge on any atom is 0.323 e. The highest BCUT2D eigenvalue weighted by atomic mass is 16.5. The van der Waals surface area contributed by atoms with Gasteiger partial charge in [-0.2, -0.15) is 5.26 Å². The highest BCUT2D eigenvalue weighted by Gasteiger charge is 2.65. The lowest BCUT2D eigenvalue weighted by atomic mass is 9.49. The van der Waals surface area contributed by atoms with Gasteiger partial charge in [0.1, 0.15) is 46.8 Å². The van der Waals surface area contributed by atoms with Crippen molar-refractivity contribution in [3.63, 3.8) is 0 Å². The smallest absolute Gasteiger partial charge is 0.323 e. The molecule has 10 nitrogen and oxygen atoms in total. The highest BCUT2D eigenvalue weighted by molar-refractivity contribution is 5.95. The van der Waals surface area contributed by atoms with Crippen molar-refractivity contribution in [1.29, 1.82) is 5.26 Å². The second-order valence-electron chi connectivity index (χ2n) is 19.3. The topological polar surface area (TPSA) is 123 Å². The van der Waals surface area contributed by atoms with Gasteiger partial charge in [0.15, 0.2) is 0 Å². The standard InChI is InChI=1S/C52H60N4O6/c1-31(2)33-14-18-35(19-15-33)43(57)55-45-51(8,9)48(52(45,10)11)62-40-25-23-38(42(27-40)60-13)30-54-29-32(3)34-16-20-36(21-17-34)44(58)56-46-49(4,5)47(50(46,6)7)61-39-24-22-37(28-53)41(26-39)59-12/h14-27,29,31,45-48H,1-13H3,(H-,55,56,57,58)/p+1. The molecule has 0 heterocycles. The zero-order chi connectivity index (χ0) is 45.4. The maximum absolute atomic E-state index is 13.5. The first-order valence-corrected chi connectivity index (χ1v) is 21.2. The number of methoxy groups -OCH3 is 2. The average molecular weight is 838 g/mol. The van der Waals surface area contributed by atoms with Crippen molar-refractivity contribution in [3.05, 3.63) is 129 Å². The summed E-state index contributed by atoms with van der Waals surface area (Å²) in [6.07, 6.45) is 1.36. The van der Waals surface area contributed by atoms with Crippen LogP contribution in [0.1, 0.15) is 125 Å². The fourth-order valence-electron chi connectivity index (χ4n) is 10.2. The fourth-order valence-corrected chi connectivity index (χ4v) is 10.2. The van der Waals surface area contributed by atoms with Gasteiger partial charge in [-0.15, -0.1) is 0 Å². The molecule has 0 unspecified atom stereocenters. The minimum atomic E-state index is -0.375. The quantitative estimate of drug-likeness (QED) is 0.146. The number of nitriles is 1. The number of carbonyl (C=O) groups is 2. The Labute approximate surface area is 367 Å². The lowest BCUT2D eigenvalue weighted by Gasteiger charge is -2.63. The molecule has 0 saturated heterocycles. The van der Waals surface area contributed by atoms with Gasteiger partial charge in [0, 0.05) is 62.6 Å². The van der Waals surface area contributed by atoms with E-state index in [2.05, 4.69) is 96.9 Å². The van der Waals surface area contributed by atoms with Gasteiger partial charge in [0.05, 0.1) is 19.8 Å². The summed E-state index contributed by atoms with van der Waals surface area (Å²) in [5.41, 5.74) is 3.90. The van der Waals surface area contributed by atoms with Crippen molar-refractivity contribution in [1.82, 2.24) is 10.6 Å². The number of nitrogens with one attached hydrogen (secondary N) is 2. The number of carbonyl (C=O) groups excluding carboxylic acids is 2. The Morgan fingerprint density at radius 3 is 1.47 bits per heavy atom. The Morgan fingerprint density at radius 2 is 1.05 bits per heavy atom. The fraction of sp³-hybridized carbons (Fsp3) is 0.423. The molecule has 0 atom stereocenters. The second kappa shape index (κ2) is 17.2. The summed E-state index contributed by atoms with van der Waals surface area (Å²) in [7, 11) is 3.13. The van der Waals surface area contributed by atoms with Gasteiger partial charge in [-0.05, 0) is 77.3 Å². The largest absolute Gasteiger partial charge is 0.495 e. The third kappa shape index (κ3) is 8.61. The van der Waals surface area contributed by atoms with Crippen molar-refractivity contribution in [2.24, 2.45) is 21.7 Å². The van der Waals surface area contributed by atoms with Crippen molar-refractivity contribution in [3.8, 4) is 35.1 Å². The van der Waals surface area contributed by atoms with Crippen LogP contribution in [0.15, 0.2) is 91.1 Å². The molecule has 2 N–H and O–H groups in total. The number of benzene rings is 4. The first-order valence-electron chi connectivity index (χ1n) is 21.2. The van der Waals surface area contributed by atoms with Gasteiger partial charge in [-0.3, -0.25) is 9.59 Å². The van der Waals surface area contributed by atoms with E-state index in [4.69, 9.17) is 18.9 Å². The summed E-state index contributed by atoms with van der Waals surface area (Å²) in [4.78, 5) is 31.3. The molecule has 2 saturated carbocycles. The number of hydrogen-bond acceptors (Lipinski definition) is 7. The Hall–Kier alpha value is -6.26. The molecule has 0 aromatic heterocycles. The van der Waals surface area contributed by atoms with Crippen LogP contribution in [-0.2, 0) is 0 Å². The Kier molecular flexibility index (Phi) is 12.6. The van der Waals surface area contributed by atoms with E-state index in [0.29, 0.717) is 51.2 Å². The summed E-state index contributed by atoms with van der Waals surface area (Å²) < 4.78 is 24.1. The Morgan fingerprint density at radius 1 is 0.645 bits per heavy atom. The molecule has 62 heavy (non-hydrogen) atoms. The molecule has 2 aliphatic rings. The van der Waals surface area contributed by atoms with E-state index in [9.17, 15) is 14.9 Å². The molecule has 4 aromatic rings. The van der Waals surface area contributed by atoms with Crippen LogP contribution in [0.4, 0.5) is 0 Å². The first kappa shape index (κ1) is 45.3. The molecule has 2 aliphatic carbocycles. The normalized spacial score (nSPS) is 21.4. The zero-order valence-corrected chi connectivity index (χ0v) is 38.4. The second-order valence-corrected chi connectivity index (χ2v) is 19.3. The van der Waals surface area contributed by atoms with E-state index < -0.39 is 0 Å². The van der Waals surface area contributed by atoms with Gasteiger partial charge in [-0.25, -0.2) is 0 Å². The van der Waals surface area contributed by atoms with Crippen molar-refractivity contribution >= 4 is 17.4 Å². The van der Waals surface area contributed by atoms with Gasteiger partial charge in [0.2, 0.25) is 0 Å². The number of hydrogen-bond donors (Lipinski definition) is 2. The monoisotopic (exact) mass is 837 g/mol. The van der Waals surface area contributed by atoms with Crippen LogP contribution in [0.25, 0.3) is 10.4 Å². The SMILES string of the molecule is COc1cc(OC2C(C)(C)C(NC(=O)c3ccc(C(C)=C[N+]#Cc4ccc(OC5C(C)(C)C(NC(=O)c6ccc(C(C)C)cc6)C5(C)C)cc4OC)cc3)C2(C)C)ccc1C#N. The maximum atomic E-state index is 13.5. The number of allylic oxidation sites excluding steroid dienone is 1. The van der Waals surface area contributed by atoms with E-state index in [1.54, 1.807) is 31.5 Å². The number of amides is 2. The lowest BCUT2D eigenvalue weighted by molar-refractivity contribution is -0.164. The Balaban J connectivity index is 1.06. The molecule has 0 aliphatic heterocycles. The van der Waals surface area contributed by atoms with Crippen molar-refractivity contribution < 1.29 is 28.5 Å². The first-order chi connectivity index (χ1) is 29.2.